The zero-order valence-electron chi connectivity index (χ0n) is 11.7. The van der Waals surface area contributed by atoms with Crippen molar-refractivity contribution in [2.24, 2.45) is 11.8 Å². The van der Waals surface area contributed by atoms with Gasteiger partial charge in [-0.05, 0) is 55.5 Å². The van der Waals surface area contributed by atoms with E-state index in [2.05, 4.69) is 39.6 Å². The maximum atomic E-state index is 4.24. The standard InChI is InChI=1S/C13H22N6/c1-13(2)11-6-14-5-9(11)7-18(13)8-12-15-16-17-19(12)10-3-4-10/h9-11,14H,3-8H2,1-2H3. The van der Waals surface area contributed by atoms with Gasteiger partial charge >= 0.3 is 0 Å². The highest BCUT2D eigenvalue weighted by atomic mass is 15.6. The second-order valence-electron chi connectivity index (χ2n) is 6.83. The smallest absolute Gasteiger partial charge is 0.165 e. The highest BCUT2D eigenvalue weighted by Gasteiger charge is 2.49. The Kier molecular flexibility index (Phi) is 2.48. The Balaban J connectivity index is 1.55. The Bertz CT molecular complexity index is 477. The molecule has 0 aromatic carbocycles. The molecule has 2 aliphatic heterocycles. The molecule has 4 rings (SSSR count). The van der Waals surface area contributed by atoms with Crippen LogP contribution in [0.2, 0.25) is 0 Å². The van der Waals surface area contributed by atoms with Gasteiger partial charge in [-0.1, -0.05) is 0 Å². The SMILES string of the molecule is CC1(C)C2CNCC2CN1Cc1nnnn1C1CC1. The van der Waals surface area contributed by atoms with E-state index >= 15 is 0 Å². The maximum Gasteiger partial charge on any atom is 0.165 e. The van der Waals surface area contributed by atoms with Crippen LogP contribution in [0.15, 0.2) is 0 Å². The van der Waals surface area contributed by atoms with Gasteiger partial charge in [0.2, 0.25) is 0 Å². The quantitative estimate of drug-likeness (QED) is 0.856. The van der Waals surface area contributed by atoms with Crippen LogP contribution in [0.1, 0.15) is 38.6 Å². The Morgan fingerprint density at radius 1 is 1.32 bits per heavy atom. The number of fused-ring (bicyclic) bond motifs is 1. The van der Waals surface area contributed by atoms with Crippen LogP contribution < -0.4 is 5.32 Å². The van der Waals surface area contributed by atoms with Gasteiger partial charge in [0.1, 0.15) is 0 Å². The summed E-state index contributed by atoms with van der Waals surface area (Å²) in [6.07, 6.45) is 2.47. The van der Waals surface area contributed by atoms with Crippen molar-refractivity contribution < 1.29 is 0 Å². The molecule has 3 fully saturated rings. The summed E-state index contributed by atoms with van der Waals surface area (Å²) >= 11 is 0. The van der Waals surface area contributed by atoms with Crippen LogP contribution in [0.5, 0.6) is 0 Å². The molecular formula is C13H22N6. The maximum absolute atomic E-state index is 4.24. The summed E-state index contributed by atoms with van der Waals surface area (Å²) in [5.74, 6) is 2.60. The Labute approximate surface area is 113 Å². The molecule has 2 saturated heterocycles. The van der Waals surface area contributed by atoms with Crippen LogP contribution in [0.3, 0.4) is 0 Å². The average molecular weight is 262 g/mol. The molecular weight excluding hydrogens is 240 g/mol. The molecule has 0 spiro atoms. The number of nitrogens with zero attached hydrogens (tertiary/aromatic N) is 5. The molecule has 6 heteroatoms. The average Bonchev–Trinajstić information content (AvgIpc) is 2.85. The van der Waals surface area contributed by atoms with Crippen molar-refractivity contribution >= 4 is 0 Å². The largest absolute Gasteiger partial charge is 0.316 e. The van der Waals surface area contributed by atoms with Crippen molar-refractivity contribution in [2.75, 3.05) is 19.6 Å². The van der Waals surface area contributed by atoms with Crippen LogP contribution in [0.4, 0.5) is 0 Å². The van der Waals surface area contributed by atoms with Crippen molar-refractivity contribution in [1.29, 1.82) is 0 Å². The molecule has 104 valence electrons. The minimum absolute atomic E-state index is 0.245. The molecule has 19 heavy (non-hydrogen) atoms. The van der Waals surface area contributed by atoms with E-state index in [-0.39, 0.29) is 5.54 Å². The van der Waals surface area contributed by atoms with Crippen LogP contribution in [-0.2, 0) is 6.54 Å². The molecule has 2 unspecified atom stereocenters. The van der Waals surface area contributed by atoms with Crippen LogP contribution in [-0.4, -0.2) is 50.3 Å². The van der Waals surface area contributed by atoms with Crippen LogP contribution in [0, 0.1) is 11.8 Å². The summed E-state index contributed by atoms with van der Waals surface area (Å²) in [4.78, 5) is 2.58. The van der Waals surface area contributed by atoms with E-state index in [9.17, 15) is 0 Å². The summed E-state index contributed by atoms with van der Waals surface area (Å²) in [7, 11) is 0. The fourth-order valence-corrected chi connectivity index (χ4v) is 3.86. The molecule has 0 amide bonds. The lowest BCUT2D eigenvalue weighted by molar-refractivity contribution is 0.126. The third kappa shape index (κ3) is 1.80. The van der Waals surface area contributed by atoms with Gasteiger partial charge in [0, 0.05) is 18.6 Å². The number of nitrogens with one attached hydrogen (secondary N) is 1. The summed E-state index contributed by atoms with van der Waals surface area (Å²) < 4.78 is 2.04. The molecule has 1 saturated carbocycles. The zero-order chi connectivity index (χ0) is 13.0. The fraction of sp³-hybridized carbons (Fsp3) is 0.923. The number of rotatable bonds is 3. The number of hydrogen-bond acceptors (Lipinski definition) is 5. The number of hydrogen-bond donors (Lipinski definition) is 1. The molecule has 3 heterocycles. The first-order valence-electron chi connectivity index (χ1n) is 7.39. The fourth-order valence-electron chi connectivity index (χ4n) is 3.86. The van der Waals surface area contributed by atoms with Gasteiger partial charge in [0.25, 0.3) is 0 Å². The van der Waals surface area contributed by atoms with Crippen molar-refractivity contribution in [3.63, 3.8) is 0 Å². The monoisotopic (exact) mass is 262 g/mol. The summed E-state index contributed by atoms with van der Waals surface area (Å²) in [5, 5.41) is 15.8. The second-order valence-corrected chi connectivity index (χ2v) is 6.83. The molecule has 0 radical (unpaired) electrons. The van der Waals surface area contributed by atoms with E-state index in [4.69, 9.17) is 0 Å². The lowest BCUT2D eigenvalue weighted by Gasteiger charge is -2.35. The molecule has 3 aliphatic rings. The first-order valence-corrected chi connectivity index (χ1v) is 7.39. The first kappa shape index (κ1) is 11.8. The van der Waals surface area contributed by atoms with Crippen molar-refractivity contribution in [2.45, 2.75) is 44.8 Å². The predicted molar refractivity (Wildman–Crippen MR) is 70.4 cm³/mol. The number of likely N-dealkylation sites (tertiary alicyclic amines) is 1. The number of tetrazole rings is 1. The van der Waals surface area contributed by atoms with Gasteiger partial charge in [0.05, 0.1) is 12.6 Å². The van der Waals surface area contributed by atoms with Gasteiger partial charge in [-0.15, -0.1) is 5.10 Å². The molecule has 1 aromatic rings. The van der Waals surface area contributed by atoms with E-state index in [1.54, 1.807) is 0 Å². The third-order valence-electron chi connectivity index (χ3n) is 5.30. The minimum Gasteiger partial charge on any atom is -0.316 e. The Hall–Kier alpha value is -1.01. The van der Waals surface area contributed by atoms with Crippen molar-refractivity contribution in [3.05, 3.63) is 5.82 Å². The Morgan fingerprint density at radius 2 is 2.16 bits per heavy atom. The molecule has 1 aliphatic carbocycles. The van der Waals surface area contributed by atoms with Gasteiger partial charge < -0.3 is 5.32 Å². The van der Waals surface area contributed by atoms with Crippen LogP contribution in [0.25, 0.3) is 0 Å². The summed E-state index contributed by atoms with van der Waals surface area (Å²) in [5.41, 5.74) is 0.245. The van der Waals surface area contributed by atoms with Crippen LogP contribution >= 0.6 is 0 Å². The van der Waals surface area contributed by atoms with Gasteiger partial charge in [-0.25, -0.2) is 4.68 Å². The van der Waals surface area contributed by atoms with Crippen molar-refractivity contribution in [3.8, 4) is 0 Å². The molecule has 0 bridgehead atoms. The van der Waals surface area contributed by atoms with Crippen molar-refractivity contribution in [1.82, 2.24) is 30.4 Å². The highest BCUT2D eigenvalue weighted by Crippen LogP contribution is 2.41. The summed E-state index contributed by atoms with van der Waals surface area (Å²) in [6, 6.07) is 0.567. The summed E-state index contributed by atoms with van der Waals surface area (Å²) in [6.45, 7) is 9.12. The minimum atomic E-state index is 0.245. The topological polar surface area (TPSA) is 58.9 Å². The van der Waals surface area contributed by atoms with E-state index in [0.717, 1.165) is 37.3 Å². The first-order chi connectivity index (χ1) is 9.16. The second kappa shape index (κ2) is 3.99. The van der Waals surface area contributed by atoms with E-state index < -0.39 is 0 Å². The third-order valence-corrected chi connectivity index (χ3v) is 5.30. The molecule has 6 nitrogen and oxygen atoms in total. The van der Waals surface area contributed by atoms with Gasteiger partial charge in [-0.3, -0.25) is 4.90 Å². The lowest BCUT2D eigenvalue weighted by Crippen LogP contribution is -2.44. The zero-order valence-corrected chi connectivity index (χ0v) is 11.7. The van der Waals surface area contributed by atoms with E-state index in [1.807, 2.05) is 4.68 Å². The normalized spacial score (nSPS) is 33.8. The molecule has 1 aromatic heterocycles. The van der Waals surface area contributed by atoms with E-state index in [0.29, 0.717) is 6.04 Å². The molecule has 2 atom stereocenters. The highest BCUT2D eigenvalue weighted by molar-refractivity contribution is 5.06. The van der Waals surface area contributed by atoms with E-state index in [1.165, 1.54) is 19.4 Å². The Morgan fingerprint density at radius 3 is 2.89 bits per heavy atom. The predicted octanol–water partition coefficient (Wildman–Crippen LogP) is 0.438. The number of aromatic nitrogens is 4. The van der Waals surface area contributed by atoms with Gasteiger partial charge in [-0.2, -0.15) is 0 Å². The van der Waals surface area contributed by atoms with Gasteiger partial charge in [0.15, 0.2) is 5.82 Å². The molecule has 1 N–H and O–H groups in total. The lowest BCUT2D eigenvalue weighted by atomic mass is 9.85.